The third-order valence-corrected chi connectivity index (χ3v) is 5.59. The number of aliphatic hydroxyl groups excluding tert-OH is 1. The van der Waals surface area contributed by atoms with Crippen molar-refractivity contribution in [3.05, 3.63) is 58.6 Å². The number of hydrogen-bond acceptors (Lipinski definition) is 7. The molecule has 1 aromatic heterocycles. The Labute approximate surface area is 191 Å². The van der Waals surface area contributed by atoms with E-state index in [-0.39, 0.29) is 17.0 Å². The van der Waals surface area contributed by atoms with Crippen molar-refractivity contribution in [1.29, 1.82) is 0 Å². The molecule has 1 aliphatic rings. The van der Waals surface area contributed by atoms with E-state index in [1.54, 1.807) is 19.1 Å². The molecule has 2 heterocycles. The number of aryl methyl sites for hydroxylation is 1. The SMILES string of the molecule is CCOc1ccc(C(O)Nc2c(C(N)=O)oc3c(F)cc(C)cc23)cc1CN1CCOCC1. The van der Waals surface area contributed by atoms with E-state index in [1.807, 2.05) is 19.1 Å². The number of carbonyl (C=O) groups is 1. The number of rotatable bonds is 8. The van der Waals surface area contributed by atoms with Crippen molar-refractivity contribution < 1.29 is 28.2 Å². The van der Waals surface area contributed by atoms with Gasteiger partial charge in [-0.2, -0.15) is 0 Å². The summed E-state index contributed by atoms with van der Waals surface area (Å²) in [5, 5.41) is 14.2. The molecule has 0 saturated carbocycles. The predicted octanol–water partition coefficient (Wildman–Crippen LogP) is 3.31. The number of anilines is 1. The standard InChI is InChI=1S/C24H28FN3O5/c1-3-32-19-5-4-15(12-16(19)13-28-6-8-31-9-7-28)24(30)27-20-17-10-14(2)11-18(25)21(17)33-22(20)23(26)29/h4-5,10-12,24,27,30H,3,6-9,13H2,1-2H3,(H2,26,29). The van der Waals surface area contributed by atoms with Gasteiger partial charge < -0.3 is 30.0 Å². The van der Waals surface area contributed by atoms with Crippen LogP contribution in [0.15, 0.2) is 34.7 Å². The third-order valence-electron chi connectivity index (χ3n) is 5.59. The molecule has 1 saturated heterocycles. The summed E-state index contributed by atoms with van der Waals surface area (Å²) in [6, 6.07) is 8.39. The van der Waals surface area contributed by atoms with Crippen molar-refractivity contribution in [3.63, 3.8) is 0 Å². The van der Waals surface area contributed by atoms with E-state index in [9.17, 15) is 14.3 Å². The molecular formula is C24H28FN3O5. The van der Waals surface area contributed by atoms with Gasteiger partial charge in [-0.05, 0) is 43.7 Å². The first-order chi connectivity index (χ1) is 15.9. The van der Waals surface area contributed by atoms with Gasteiger partial charge in [0.2, 0.25) is 5.76 Å². The van der Waals surface area contributed by atoms with Gasteiger partial charge in [-0.25, -0.2) is 4.39 Å². The number of morpholine rings is 1. The van der Waals surface area contributed by atoms with E-state index in [0.29, 0.717) is 42.9 Å². The van der Waals surface area contributed by atoms with Gasteiger partial charge in [0.25, 0.3) is 5.91 Å². The Bertz CT molecular complexity index is 1160. The smallest absolute Gasteiger partial charge is 0.286 e. The maximum atomic E-state index is 14.4. The lowest BCUT2D eigenvalue weighted by Gasteiger charge is -2.27. The van der Waals surface area contributed by atoms with Crippen molar-refractivity contribution in [3.8, 4) is 5.75 Å². The highest BCUT2D eigenvalue weighted by Crippen LogP contribution is 2.36. The summed E-state index contributed by atoms with van der Waals surface area (Å²) in [5.41, 5.74) is 7.63. The van der Waals surface area contributed by atoms with Crippen LogP contribution in [0, 0.1) is 12.7 Å². The van der Waals surface area contributed by atoms with Gasteiger partial charge in [0.1, 0.15) is 5.75 Å². The lowest BCUT2D eigenvalue weighted by atomic mass is 10.1. The molecule has 3 aromatic rings. The van der Waals surface area contributed by atoms with Crippen molar-refractivity contribution in [2.75, 3.05) is 38.2 Å². The minimum atomic E-state index is -1.20. The maximum Gasteiger partial charge on any atom is 0.286 e. The van der Waals surface area contributed by atoms with Crippen molar-refractivity contribution in [1.82, 2.24) is 4.90 Å². The summed E-state index contributed by atoms with van der Waals surface area (Å²) in [7, 11) is 0. The number of carbonyl (C=O) groups excluding carboxylic acids is 1. The average Bonchev–Trinajstić information content (AvgIpc) is 3.14. The molecule has 0 aliphatic carbocycles. The molecule has 1 aliphatic heterocycles. The molecule has 0 spiro atoms. The minimum Gasteiger partial charge on any atom is -0.494 e. The number of ether oxygens (including phenoxy) is 2. The van der Waals surface area contributed by atoms with Crippen LogP contribution in [-0.4, -0.2) is 48.8 Å². The number of hydrogen-bond donors (Lipinski definition) is 3. The molecule has 1 atom stereocenters. The van der Waals surface area contributed by atoms with Crippen LogP contribution < -0.4 is 15.8 Å². The normalized spacial score (nSPS) is 15.5. The Morgan fingerprint density at radius 2 is 2.06 bits per heavy atom. The summed E-state index contributed by atoms with van der Waals surface area (Å²) in [5.74, 6) is -0.973. The minimum absolute atomic E-state index is 0.0937. The summed E-state index contributed by atoms with van der Waals surface area (Å²) in [6.45, 7) is 7.77. The quantitative estimate of drug-likeness (QED) is 0.445. The first-order valence-corrected chi connectivity index (χ1v) is 10.9. The number of nitrogens with one attached hydrogen (secondary N) is 1. The summed E-state index contributed by atoms with van der Waals surface area (Å²) >= 11 is 0. The number of fused-ring (bicyclic) bond motifs is 1. The van der Waals surface area contributed by atoms with Gasteiger partial charge >= 0.3 is 0 Å². The number of nitrogens with zero attached hydrogens (tertiary/aromatic N) is 1. The van der Waals surface area contributed by atoms with Gasteiger partial charge in [-0.3, -0.25) is 9.69 Å². The Morgan fingerprint density at radius 3 is 2.76 bits per heavy atom. The van der Waals surface area contributed by atoms with Crippen LogP contribution in [0.1, 0.15) is 40.4 Å². The second kappa shape index (κ2) is 9.78. The molecule has 1 amide bonds. The van der Waals surface area contributed by atoms with Crippen LogP contribution in [0.3, 0.4) is 0 Å². The average molecular weight is 458 g/mol. The molecule has 4 rings (SSSR count). The first-order valence-electron chi connectivity index (χ1n) is 10.9. The number of primary amides is 1. The number of nitrogens with two attached hydrogens (primary N) is 1. The Balaban J connectivity index is 1.66. The van der Waals surface area contributed by atoms with E-state index in [4.69, 9.17) is 19.6 Å². The van der Waals surface area contributed by atoms with E-state index in [2.05, 4.69) is 10.2 Å². The highest BCUT2D eigenvalue weighted by molar-refractivity contribution is 6.06. The zero-order valence-electron chi connectivity index (χ0n) is 18.7. The fourth-order valence-corrected chi connectivity index (χ4v) is 4.02. The number of amides is 1. The molecule has 1 unspecified atom stereocenters. The summed E-state index contributed by atoms with van der Waals surface area (Å²) in [6.07, 6.45) is -1.20. The van der Waals surface area contributed by atoms with Crippen LogP contribution in [0.4, 0.5) is 10.1 Å². The largest absolute Gasteiger partial charge is 0.494 e. The first kappa shape index (κ1) is 23.0. The van der Waals surface area contributed by atoms with Crippen LogP contribution in [0.5, 0.6) is 5.75 Å². The molecule has 33 heavy (non-hydrogen) atoms. The Kier molecular flexibility index (Phi) is 6.83. The van der Waals surface area contributed by atoms with E-state index >= 15 is 0 Å². The van der Waals surface area contributed by atoms with Gasteiger partial charge in [0.15, 0.2) is 17.6 Å². The third kappa shape index (κ3) is 4.95. The molecule has 2 aromatic carbocycles. The predicted molar refractivity (Wildman–Crippen MR) is 122 cm³/mol. The molecule has 9 heteroatoms. The molecule has 1 fully saturated rings. The zero-order valence-corrected chi connectivity index (χ0v) is 18.7. The van der Waals surface area contributed by atoms with Crippen LogP contribution in [0.2, 0.25) is 0 Å². The van der Waals surface area contributed by atoms with Gasteiger partial charge in [-0.15, -0.1) is 0 Å². The Hall–Kier alpha value is -3.14. The lowest BCUT2D eigenvalue weighted by molar-refractivity contribution is 0.0338. The highest BCUT2D eigenvalue weighted by atomic mass is 19.1. The van der Waals surface area contributed by atoms with Crippen LogP contribution in [0.25, 0.3) is 11.0 Å². The second-order valence-electron chi connectivity index (χ2n) is 8.03. The number of halogens is 1. The summed E-state index contributed by atoms with van der Waals surface area (Å²) < 4.78 is 31.0. The monoisotopic (exact) mass is 457 g/mol. The van der Waals surface area contributed by atoms with Gasteiger partial charge in [0.05, 0.1) is 25.5 Å². The van der Waals surface area contributed by atoms with E-state index < -0.39 is 18.0 Å². The second-order valence-corrected chi connectivity index (χ2v) is 8.03. The summed E-state index contributed by atoms with van der Waals surface area (Å²) in [4.78, 5) is 14.2. The zero-order chi connectivity index (χ0) is 23.5. The number of aliphatic hydroxyl groups is 1. The van der Waals surface area contributed by atoms with Crippen molar-refractivity contribution in [2.45, 2.75) is 26.6 Å². The number of benzene rings is 2. The van der Waals surface area contributed by atoms with E-state index in [0.717, 1.165) is 24.4 Å². The molecule has 0 bridgehead atoms. The van der Waals surface area contributed by atoms with Gasteiger partial charge in [-0.1, -0.05) is 6.07 Å². The molecule has 176 valence electrons. The molecular weight excluding hydrogens is 429 g/mol. The van der Waals surface area contributed by atoms with Gasteiger partial charge in [0, 0.05) is 36.1 Å². The molecule has 4 N–H and O–H groups in total. The van der Waals surface area contributed by atoms with Crippen LogP contribution in [-0.2, 0) is 11.3 Å². The lowest BCUT2D eigenvalue weighted by Crippen LogP contribution is -2.35. The van der Waals surface area contributed by atoms with Crippen molar-refractivity contribution in [2.24, 2.45) is 5.73 Å². The molecule has 8 nitrogen and oxygen atoms in total. The molecule has 0 radical (unpaired) electrons. The van der Waals surface area contributed by atoms with Crippen molar-refractivity contribution >= 4 is 22.6 Å². The maximum absolute atomic E-state index is 14.4. The fourth-order valence-electron chi connectivity index (χ4n) is 4.02. The topological polar surface area (TPSA) is 110 Å². The van der Waals surface area contributed by atoms with Crippen LogP contribution >= 0.6 is 0 Å². The Morgan fingerprint density at radius 1 is 1.30 bits per heavy atom. The highest BCUT2D eigenvalue weighted by Gasteiger charge is 2.24. The van der Waals surface area contributed by atoms with E-state index in [1.165, 1.54) is 6.07 Å². The number of furan rings is 1. The fraction of sp³-hybridized carbons (Fsp3) is 0.375.